The van der Waals surface area contributed by atoms with E-state index in [-0.39, 0.29) is 0 Å². The first-order valence-corrected chi connectivity index (χ1v) is 5.96. The topological polar surface area (TPSA) is 47.3 Å². The minimum Gasteiger partial charge on any atom is -0.298 e. The summed E-state index contributed by atoms with van der Waals surface area (Å²) in [6.07, 6.45) is 2.56. The minimum atomic E-state index is 0.610. The van der Waals surface area contributed by atoms with Crippen LogP contribution in [0.25, 0.3) is 16.3 Å². The van der Waals surface area contributed by atoms with Gasteiger partial charge in [-0.2, -0.15) is 0 Å². The third kappa shape index (κ3) is 1.74. The van der Waals surface area contributed by atoms with Crippen LogP contribution in [0.2, 0.25) is 0 Å². The highest BCUT2D eigenvalue weighted by Crippen LogP contribution is 2.25. The molecule has 0 spiro atoms. The van der Waals surface area contributed by atoms with Crippen molar-refractivity contribution in [3.63, 3.8) is 0 Å². The number of carbonyl (C=O) groups is 1. The van der Waals surface area contributed by atoms with Crippen molar-refractivity contribution < 1.29 is 4.79 Å². The molecular weight excluding hydrogens is 234 g/mol. The monoisotopic (exact) mass is 243 g/mol. The van der Waals surface area contributed by atoms with E-state index in [9.17, 15) is 4.79 Å². The molecule has 84 valence electrons. The Morgan fingerprint density at radius 3 is 2.94 bits per heavy atom. The van der Waals surface area contributed by atoms with Crippen LogP contribution in [0, 0.1) is 6.92 Å². The summed E-state index contributed by atoms with van der Waals surface area (Å²) in [5.74, 6) is 0.700. The minimum absolute atomic E-state index is 0.610. The molecule has 4 nitrogen and oxygen atoms in total. The molecule has 17 heavy (non-hydrogen) atoms. The summed E-state index contributed by atoms with van der Waals surface area (Å²) in [5, 5.41) is 4.37. The van der Waals surface area contributed by atoms with Gasteiger partial charge in [-0.3, -0.25) is 4.79 Å². The Bertz CT molecular complexity index is 699. The number of hydrogen-bond donors (Lipinski definition) is 0. The number of rotatable bonds is 2. The molecule has 3 aromatic heterocycles. The molecule has 0 unspecified atom stereocenters. The molecule has 0 aliphatic rings. The van der Waals surface area contributed by atoms with Crippen molar-refractivity contribution in [2.45, 2.75) is 6.92 Å². The van der Waals surface area contributed by atoms with Gasteiger partial charge in [0, 0.05) is 16.6 Å². The molecule has 0 radical (unpaired) electrons. The number of nitrogens with zero attached hydrogens (tertiary/aromatic N) is 3. The molecule has 0 atom stereocenters. The summed E-state index contributed by atoms with van der Waals surface area (Å²) < 4.78 is 1.68. The van der Waals surface area contributed by atoms with Crippen LogP contribution in [0.5, 0.6) is 0 Å². The van der Waals surface area contributed by atoms with Crippen molar-refractivity contribution in [2.75, 3.05) is 0 Å². The van der Waals surface area contributed by atoms with Crippen LogP contribution in [-0.2, 0) is 0 Å². The third-order valence-electron chi connectivity index (χ3n) is 2.46. The van der Waals surface area contributed by atoms with Crippen LogP contribution < -0.4 is 0 Å². The van der Waals surface area contributed by atoms with Gasteiger partial charge in [-0.25, -0.2) is 9.50 Å². The first-order chi connectivity index (χ1) is 8.26. The SMILES string of the molecule is Cc1ccc(-c2nc3cc(C=O)ccn3n2)s1. The second kappa shape index (κ2) is 3.78. The van der Waals surface area contributed by atoms with Gasteiger partial charge >= 0.3 is 0 Å². The number of aryl methyl sites for hydroxylation is 1. The van der Waals surface area contributed by atoms with Gasteiger partial charge in [0.15, 0.2) is 11.5 Å². The van der Waals surface area contributed by atoms with Crippen LogP contribution in [0.1, 0.15) is 15.2 Å². The summed E-state index contributed by atoms with van der Waals surface area (Å²) >= 11 is 1.66. The van der Waals surface area contributed by atoms with Gasteiger partial charge in [-0.15, -0.1) is 16.4 Å². The van der Waals surface area contributed by atoms with Gasteiger partial charge < -0.3 is 0 Å². The van der Waals surface area contributed by atoms with E-state index in [0.29, 0.717) is 17.0 Å². The number of aldehydes is 1. The molecule has 0 aliphatic carbocycles. The lowest BCUT2D eigenvalue weighted by molar-refractivity contribution is 0.112. The van der Waals surface area contributed by atoms with Crippen molar-refractivity contribution in [3.05, 3.63) is 40.9 Å². The van der Waals surface area contributed by atoms with E-state index >= 15 is 0 Å². The largest absolute Gasteiger partial charge is 0.298 e. The molecule has 0 bridgehead atoms. The Kier molecular flexibility index (Phi) is 2.26. The molecule has 0 N–H and O–H groups in total. The summed E-state index contributed by atoms with van der Waals surface area (Å²) in [6.45, 7) is 2.05. The van der Waals surface area contributed by atoms with Crippen molar-refractivity contribution in [1.82, 2.24) is 14.6 Å². The average Bonchev–Trinajstić information content (AvgIpc) is 2.93. The highest BCUT2D eigenvalue weighted by Gasteiger charge is 2.08. The van der Waals surface area contributed by atoms with Crippen molar-refractivity contribution in [1.29, 1.82) is 0 Å². The lowest BCUT2D eigenvalue weighted by atomic mass is 10.3. The molecule has 3 heterocycles. The van der Waals surface area contributed by atoms with Crippen molar-refractivity contribution in [3.8, 4) is 10.7 Å². The number of hydrogen-bond acceptors (Lipinski definition) is 4. The number of aromatic nitrogens is 3. The first-order valence-electron chi connectivity index (χ1n) is 5.15. The van der Waals surface area contributed by atoms with E-state index in [1.807, 2.05) is 12.1 Å². The first kappa shape index (κ1) is 10.2. The maximum Gasteiger partial charge on any atom is 0.192 e. The van der Waals surface area contributed by atoms with E-state index in [0.717, 1.165) is 11.2 Å². The normalized spacial score (nSPS) is 10.9. The number of pyridine rings is 1. The average molecular weight is 243 g/mol. The fourth-order valence-electron chi connectivity index (χ4n) is 1.63. The van der Waals surface area contributed by atoms with E-state index in [2.05, 4.69) is 17.0 Å². The van der Waals surface area contributed by atoms with E-state index < -0.39 is 0 Å². The van der Waals surface area contributed by atoms with Gasteiger partial charge in [0.2, 0.25) is 0 Å². The van der Waals surface area contributed by atoms with Gasteiger partial charge in [0.25, 0.3) is 0 Å². The lowest BCUT2D eigenvalue weighted by Gasteiger charge is -1.90. The molecule has 0 amide bonds. The van der Waals surface area contributed by atoms with Crippen LogP contribution >= 0.6 is 11.3 Å². The quantitative estimate of drug-likeness (QED) is 0.650. The summed E-state index contributed by atoms with van der Waals surface area (Å²) in [7, 11) is 0. The Morgan fingerprint density at radius 2 is 2.24 bits per heavy atom. The number of thiophene rings is 1. The summed E-state index contributed by atoms with van der Waals surface area (Å²) in [4.78, 5) is 17.4. The highest BCUT2D eigenvalue weighted by atomic mass is 32.1. The molecule has 0 aliphatic heterocycles. The fourth-order valence-corrected chi connectivity index (χ4v) is 2.43. The van der Waals surface area contributed by atoms with E-state index in [1.165, 1.54) is 4.88 Å². The number of fused-ring (bicyclic) bond motifs is 1. The van der Waals surface area contributed by atoms with Crippen LogP contribution in [-0.4, -0.2) is 20.9 Å². The zero-order chi connectivity index (χ0) is 11.8. The van der Waals surface area contributed by atoms with Gasteiger partial charge in [0.05, 0.1) is 4.88 Å². The Labute approximate surface area is 102 Å². The number of carbonyl (C=O) groups excluding carboxylic acids is 1. The Morgan fingerprint density at radius 1 is 1.35 bits per heavy atom. The smallest absolute Gasteiger partial charge is 0.192 e. The van der Waals surface area contributed by atoms with Gasteiger partial charge in [0.1, 0.15) is 6.29 Å². The van der Waals surface area contributed by atoms with Crippen molar-refractivity contribution in [2.24, 2.45) is 0 Å². The predicted molar refractivity (Wildman–Crippen MR) is 66.4 cm³/mol. The second-order valence-corrected chi connectivity index (χ2v) is 5.01. The maximum absolute atomic E-state index is 10.7. The van der Waals surface area contributed by atoms with E-state index in [4.69, 9.17) is 0 Å². The van der Waals surface area contributed by atoms with Gasteiger partial charge in [-0.05, 0) is 31.2 Å². The predicted octanol–water partition coefficient (Wildman–Crippen LogP) is 2.58. The molecule has 0 aromatic carbocycles. The molecule has 3 aromatic rings. The zero-order valence-electron chi connectivity index (χ0n) is 9.12. The maximum atomic E-state index is 10.7. The Hall–Kier alpha value is -2.01. The summed E-state index contributed by atoms with van der Waals surface area (Å²) in [5.41, 5.74) is 1.30. The lowest BCUT2D eigenvalue weighted by Crippen LogP contribution is -1.88. The third-order valence-corrected chi connectivity index (χ3v) is 3.46. The van der Waals surface area contributed by atoms with E-state index in [1.54, 1.807) is 34.2 Å². The Balaban J connectivity index is 2.16. The fraction of sp³-hybridized carbons (Fsp3) is 0.0833. The standard InChI is InChI=1S/C12H9N3OS/c1-8-2-3-10(17-8)12-13-11-6-9(7-16)4-5-15(11)14-12/h2-7H,1H3. The zero-order valence-corrected chi connectivity index (χ0v) is 9.94. The molecule has 0 fully saturated rings. The molecule has 0 saturated carbocycles. The highest BCUT2D eigenvalue weighted by molar-refractivity contribution is 7.15. The molecular formula is C12H9N3OS. The molecule has 3 rings (SSSR count). The van der Waals surface area contributed by atoms with Crippen LogP contribution in [0.4, 0.5) is 0 Å². The van der Waals surface area contributed by atoms with Crippen LogP contribution in [0.15, 0.2) is 30.5 Å². The molecule has 0 saturated heterocycles. The second-order valence-electron chi connectivity index (χ2n) is 3.73. The summed E-state index contributed by atoms with van der Waals surface area (Å²) in [6, 6.07) is 7.50. The van der Waals surface area contributed by atoms with Crippen LogP contribution in [0.3, 0.4) is 0 Å². The molecule has 5 heteroatoms. The van der Waals surface area contributed by atoms with Gasteiger partial charge in [-0.1, -0.05) is 0 Å². The van der Waals surface area contributed by atoms with Crippen molar-refractivity contribution >= 4 is 23.3 Å².